The second-order valence-corrected chi connectivity index (χ2v) is 9.40. The molecule has 0 unspecified atom stereocenters. The summed E-state index contributed by atoms with van der Waals surface area (Å²) in [6.45, 7) is 1.92. The van der Waals surface area contributed by atoms with Crippen molar-refractivity contribution in [2.75, 3.05) is 11.9 Å². The third kappa shape index (κ3) is 5.17. The number of esters is 1. The Balaban J connectivity index is 1.59. The Labute approximate surface area is 215 Å². The molecule has 1 N–H and O–H groups in total. The van der Waals surface area contributed by atoms with Gasteiger partial charge < -0.3 is 14.5 Å². The first-order valence-electron chi connectivity index (χ1n) is 11.1. The summed E-state index contributed by atoms with van der Waals surface area (Å²) in [6, 6.07) is 8.96. The molecule has 4 rings (SSSR count). The number of nitriles is 1. The van der Waals surface area contributed by atoms with Crippen molar-refractivity contribution in [3.8, 4) is 17.4 Å². The van der Waals surface area contributed by atoms with Gasteiger partial charge >= 0.3 is 5.97 Å². The molecule has 1 aliphatic rings. The van der Waals surface area contributed by atoms with E-state index in [2.05, 4.69) is 5.32 Å². The average Bonchev–Trinajstić information content (AvgIpc) is 3.46. The largest absolute Gasteiger partial charge is 0.462 e. The number of halogens is 1. The van der Waals surface area contributed by atoms with Crippen LogP contribution in [0, 0.1) is 21.4 Å². The highest BCUT2D eigenvalue weighted by molar-refractivity contribution is 7.17. The van der Waals surface area contributed by atoms with Crippen LogP contribution < -0.4 is 5.32 Å². The number of rotatable bonds is 7. The third-order valence-electron chi connectivity index (χ3n) is 5.59. The fraction of sp³-hybridized carbons (Fsp3) is 0.240. The summed E-state index contributed by atoms with van der Waals surface area (Å²) in [4.78, 5) is 37.0. The fourth-order valence-corrected chi connectivity index (χ4v) is 5.47. The number of ether oxygens (including phenoxy) is 1. The number of amides is 1. The number of nitrogens with one attached hydrogen (secondary N) is 1. The zero-order valence-electron chi connectivity index (χ0n) is 19.1. The first kappa shape index (κ1) is 25.2. The molecule has 0 saturated heterocycles. The molecule has 0 radical (unpaired) electrons. The van der Waals surface area contributed by atoms with Crippen LogP contribution >= 0.6 is 22.9 Å². The van der Waals surface area contributed by atoms with E-state index in [1.165, 1.54) is 35.6 Å². The van der Waals surface area contributed by atoms with Crippen LogP contribution in [0.4, 0.5) is 10.7 Å². The molecule has 0 aliphatic heterocycles. The van der Waals surface area contributed by atoms with Crippen molar-refractivity contribution in [3.05, 3.63) is 72.8 Å². The van der Waals surface area contributed by atoms with Crippen molar-refractivity contribution in [1.82, 2.24) is 0 Å². The van der Waals surface area contributed by atoms with Crippen LogP contribution in [0.15, 0.2) is 40.3 Å². The van der Waals surface area contributed by atoms with E-state index in [1.54, 1.807) is 19.1 Å². The van der Waals surface area contributed by atoms with E-state index in [0.29, 0.717) is 21.9 Å². The minimum Gasteiger partial charge on any atom is -0.462 e. The zero-order valence-corrected chi connectivity index (χ0v) is 20.7. The van der Waals surface area contributed by atoms with Gasteiger partial charge in [-0.15, -0.1) is 11.3 Å². The second-order valence-electron chi connectivity index (χ2n) is 7.88. The number of non-ortho nitro benzene ring substituents is 1. The highest BCUT2D eigenvalue weighted by Crippen LogP contribution is 2.39. The van der Waals surface area contributed by atoms with E-state index in [0.717, 1.165) is 36.1 Å². The zero-order chi connectivity index (χ0) is 25.8. The van der Waals surface area contributed by atoms with Gasteiger partial charge in [0.25, 0.3) is 11.6 Å². The lowest BCUT2D eigenvalue weighted by atomic mass is 9.95. The van der Waals surface area contributed by atoms with Gasteiger partial charge in [0.1, 0.15) is 28.2 Å². The average molecular weight is 526 g/mol. The summed E-state index contributed by atoms with van der Waals surface area (Å²) in [6.07, 6.45) is 4.79. The first-order chi connectivity index (χ1) is 17.3. The van der Waals surface area contributed by atoms with E-state index in [1.807, 2.05) is 6.07 Å². The smallest absolute Gasteiger partial charge is 0.341 e. The summed E-state index contributed by atoms with van der Waals surface area (Å²) in [5.74, 6) is -0.658. The summed E-state index contributed by atoms with van der Waals surface area (Å²) in [7, 11) is 0. The Kier molecular flexibility index (Phi) is 7.52. The molecule has 0 fully saturated rings. The molecule has 9 nitrogen and oxygen atoms in total. The van der Waals surface area contributed by atoms with Crippen molar-refractivity contribution in [2.24, 2.45) is 0 Å². The molecule has 1 amide bonds. The normalized spacial score (nSPS) is 13.0. The van der Waals surface area contributed by atoms with Crippen molar-refractivity contribution in [3.63, 3.8) is 0 Å². The molecule has 0 spiro atoms. The summed E-state index contributed by atoms with van der Waals surface area (Å²) >= 11 is 7.49. The minimum atomic E-state index is -0.687. The van der Waals surface area contributed by atoms with Gasteiger partial charge in [0.15, 0.2) is 0 Å². The number of hydrogen-bond donors (Lipinski definition) is 1. The topological polar surface area (TPSA) is 135 Å². The van der Waals surface area contributed by atoms with Crippen molar-refractivity contribution in [2.45, 2.75) is 32.6 Å². The lowest BCUT2D eigenvalue weighted by molar-refractivity contribution is -0.384. The number of furan rings is 1. The van der Waals surface area contributed by atoms with Crippen LogP contribution in [0.2, 0.25) is 5.02 Å². The number of hydrogen-bond acceptors (Lipinski definition) is 8. The highest BCUT2D eigenvalue weighted by Gasteiger charge is 2.28. The number of nitro benzene ring substituents is 1. The second kappa shape index (κ2) is 10.8. The van der Waals surface area contributed by atoms with Gasteiger partial charge in [0.05, 0.1) is 22.1 Å². The minimum absolute atomic E-state index is 0.125. The predicted molar refractivity (Wildman–Crippen MR) is 135 cm³/mol. The molecule has 0 bridgehead atoms. The highest BCUT2D eigenvalue weighted by atomic mass is 35.5. The number of nitro groups is 1. The Morgan fingerprint density at radius 3 is 2.78 bits per heavy atom. The Morgan fingerprint density at radius 2 is 2.08 bits per heavy atom. The Bertz CT molecular complexity index is 1430. The quantitative estimate of drug-likeness (QED) is 0.128. The number of nitrogens with zero attached hydrogens (tertiary/aromatic N) is 2. The standard InChI is InChI=1S/C25H20ClN3O6S/c1-2-34-25(31)22-18-5-3-4-6-21(18)36-24(22)28-23(30)14(13-27)11-16-8-10-20(35-16)17-9-7-15(29(32)33)12-19(17)26/h7-12H,2-6H2,1H3,(H,28,30)/b14-11-. The van der Waals surface area contributed by atoms with Gasteiger partial charge in [-0.05, 0) is 56.4 Å². The van der Waals surface area contributed by atoms with Gasteiger partial charge in [-0.1, -0.05) is 11.6 Å². The van der Waals surface area contributed by atoms with Gasteiger partial charge in [-0.3, -0.25) is 14.9 Å². The maximum absolute atomic E-state index is 13.0. The van der Waals surface area contributed by atoms with E-state index in [9.17, 15) is 25.0 Å². The number of carbonyl (C=O) groups is 2. The number of aryl methyl sites for hydroxylation is 1. The number of anilines is 1. The van der Waals surface area contributed by atoms with E-state index < -0.39 is 16.8 Å². The van der Waals surface area contributed by atoms with Gasteiger partial charge in [0, 0.05) is 28.6 Å². The molecule has 11 heteroatoms. The lowest BCUT2D eigenvalue weighted by Crippen LogP contribution is -2.16. The molecule has 3 aromatic rings. The Morgan fingerprint density at radius 1 is 1.31 bits per heavy atom. The molecular formula is C25H20ClN3O6S. The number of benzene rings is 1. The molecule has 0 atom stereocenters. The molecule has 36 heavy (non-hydrogen) atoms. The molecule has 0 saturated carbocycles. The molecule has 184 valence electrons. The van der Waals surface area contributed by atoms with Crippen molar-refractivity contribution >= 4 is 51.6 Å². The molecule has 2 aromatic heterocycles. The van der Waals surface area contributed by atoms with Gasteiger partial charge in [0.2, 0.25) is 0 Å². The van der Waals surface area contributed by atoms with Crippen LogP contribution in [0.25, 0.3) is 17.4 Å². The molecule has 1 aliphatic carbocycles. The van der Waals surface area contributed by atoms with Crippen molar-refractivity contribution < 1.29 is 23.7 Å². The third-order valence-corrected chi connectivity index (χ3v) is 7.11. The lowest BCUT2D eigenvalue weighted by Gasteiger charge is -2.12. The van der Waals surface area contributed by atoms with Crippen LogP contribution in [-0.2, 0) is 22.4 Å². The van der Waals surface area contributed by atoms with E-state index in [4.69, 9.17) is 20.8 Å². The number of thiophene rings is 1. The maximum atomic E-state index is 13.0. The summed E-state index contributed by atoms with van der Waals surface area (Å²) in [5, 5.41) is 23.7. The molecule has 1 aromatic carbocycles. The SMILES string of the molecule is CCOC(=O)c1c(NC(=O)/C(C#N)=C\c2ccc(-c3ccc([N+](=O)[O-])cc3Cl)o2)sc2c1CCCC2. The number of fused-ring (bicyclic) bond motifs is 1. The van der Waals surface area contributed by atoms with Gasteiger partial charge in [-0.2, -0.15) is 5.26 Å². The summed E-state index contributed by atoms with van der Waals surface area (Å²) < 4.78 is 10.9. The fourth-order valence-electron chi connectivity index (χ4n) is 3.93. The molecular weight excluding hydrogens is 506 g/mol. The number of carbonyl (C=O) groups excluding carboxylic acids is 2. The van der Waals surface area contributed by atoms with Crippen LogP contribution in [0.1, 0.15) is 46.3 Å². The first-order valence-corrected chi connectivity index (χ1v) is 12.3. The van der Waals surface area contributed by atoms with Crippen molar-refractivity contribution in [1.29, 1.82) is 5.26 Å². The van der Waals surface area contributed by atoms with E-state index >= 15 is 0 Å². The summed E-state index contributed by atoms with van der Waals surface area (Å²) in [5.41, 5.74) is 1.30. The Hall–Kier alpha value is -3.94. The van der Waals surface area contributed by atoms with Crippen LogP contribution in [-0.4, -0.2) is 23.4 Å². The van der Waals surface area contributed by atoms with Crippen LogP contribution in [0.3, 0.4) is 0 Å². The van der Waals surface area contributed by atoms with E-state index in [-0.39, 0.29) is 28.7 Å². The molecule has 2 heterocycles. The van der Waals surface area contributed by atoms with Gasteiger partial charge in [-0.25, -0.2) is 4.79 Å². The maximum Gasteiger partial charge on any atom is 0.341 e. The van der Waals surface area contributed by atoms with Crippen LogP contribution in [0.5, 0.6) is 0 Å². The monoisotopic (exact) mass is 525 g/mol. The predicted octanol–water partition coefficient (Wildman–Crippen LogP) is 6.17.